The fraction of sp³-hybridized carbons (Fsp3) is 0.267. The quantitative estimate of drug-likeness (QED) is 0.834. The van der Waals surface area contributed by atoms with Gasteiger partial charge in [0.1, 0.15) is 18.0 Å². The monoisotopic (exact) mass is 272 g/mol. The molecule has 0 bridgehead atoms. The maximum atomic E-state index is 11.8. The number of Topliss-reactive ketones (excluding diaryl/α,β-unsaturated/α-hetero) is 1. The van der Waals surface area contributed by atoms with Gasteiger partial charge in [-0.15, -0.1) is 0 Å². The van der Waals surface area contributed by atoms with Crippen LogP contribution in [-0.4, -0.2) is 26.0 Å². The van der Waals surface area contributed by atoms with Crippen LogP contribution in [0.2, 0.25) is 0 Å². The Labute approximate surface area is 117 Å². The first kappa shape index (κ1) is 14.3. The Hall–Kier alpha value is -2.11. The molecule has 104 valence electrons. The molecule has 0 amide bonds. The van der Waals surface area contributed by atoms with E-state index in [0.717, 1.165) is 0 Å². The number of pyridine rings is 2. The smallest absolute Gasteiger partial charge is 0.138 e. The predicted molar refractivity (Wildman–Crippen MR) is 72.6 cm³/mol. The molecule has 0 aliphatic carbocycles. The average Bonchev–Trinajstić information content (AvgIpc) is 2.49. The van der Waals surface area contributed by atoms with E-state index in [1.165, 1.54) is 0 Å². The standard InChI is InChI=1S/C15H16N2O3/c18-11(9-14(19)12-5-1-3-7-16-12)10-15(20)13-6-2-4-8-17-13/h1-8,14-15,19-20H,9-10H2. The van der Waals surface area contributed by atoms with Crippen molar-refractivity contribution in [3.05, 3.63) is 60.2 Å². The van der Waals surface area contributed by atoms with Gasteiger partial charge >= 0.3 is 0 Å². The van der Waals surface area contributed by atoms with Crippen molar-refractivity contribution in [1.82, 2.24) is 9.97 Å². The SMILES string of the molecule is O=C(CC(O)c1ccccn1)CC(O)c1ccccn1. The minimum absolute atomic E-state index is 0.0685. The van der Waals surface area contributed by atoms with E-state index >= 15 is 0 Å². The molecule has 0 aromatic carbocycles. The van der Waals surface area contributed by atoms with Gasteiger partial charge in [0.15, 0.2) is 0 Å². The molecule has 0 spiro atoms. The molecular formula is C15H16N2O3. The zero-order chi connectivity index (χ0) is 14.4. The molecule has 2 aromatic rings. The molecule has 2 aromatic heterocycles. The summed E-state index contributed by atoms with van der Waals surface area (Å²) in [6.45, 7) is 0. The Bertz CT molecular complexity index is 496. The number of hydrogen-bond acceptors (Lipinski definition) is 5. The zero-order valence-electron chi connectivity index (χ0n) is 10.9. The third-order valence-corrected chi connectivity index (χ3v) is 2.90. The van der Waals surface area contributed by atoms with Crippen molar-refractivity contribution in [3.63, 3.8) is 0 Å². The molecule has 5 heteroatoms. The second-order valence-corrected chi connectivity index (χ2v) is 4.49. The zero-order valence-corrected chi connectivity index (χ0v) is 10.9. The summed E-state index contributed by atoms with van der Waals surface area (Å²) in [4.78, 5) is 19.8. The van der Waals surface area contributed by atoms with E-state index in [1.807, 2.05) is 0 Å². The fourth-order valence-corrected chi connectivity index (χ4v) is 1.87. The first-order valence-electron chi connectivity index (χ1n) is 6.36. The van der Waals surface area contributed by atoms with E-state index in [-0.39, 0.29) is 18.6 Å². The highest BCUT2D eigenvalue weighted by Gasteiger charge is 2.18. The molecular weight excluding hydrogens is 256 g/mol. The Morgan fingerprint density at radius 2 is 1.35 bits per heavy atom. The van der Waals surface area contributed by atoms with Gasteiger partial charge in [0, 0.05) is 25.2 Å². The van der Waals surface area contributed by atoms with Gasteiger partial charge in [0.25, 0.3) is 0 Å². The van der Waals surface area contributed by atoms with Gasteiger partial charge in [0.05, 0.1) is 11.4 Å². The molecule has 20 heavy (non-hydrogen) atoms. The van der Waals surface area contributed by atoms with Gasteiger partial charge in [-0.2, -0.15) is 0 Å². The molecule has 0 saturated heterocycles. The molecule has 0 fully saturated rings. The third-order valence-electron chi connectivity index (χ3n) is 2.90. The lowest BCUT2D eigenvalue weighted by molar-refractivity contribution is -0.123. The lowest BCUT2D eigenvalue weighted by Crippen LogP contribution is -2.12. The van der Waals surface area contributed by atoms with Crippen LogP contribution in [0.25, 0.3) is 0 Å². The van der Waals surface area contributed by atoms with Crippen LogP contribution in [0.1, 0.15) is 36.4 Å². The largest absolute Gasteiger partial charge is 0.386 e. The lowest BCUT2D eigenvalue weighted by Gasteiger charge is -2.12. The van der Waals surface area contributed by atoms with Crippen molar-refractivity contribution in [3.8, 4) is 0 Å². The molecule has 0 aliphatic rings. The van der Waals surface area contributed by atoms with Crippen LogP contribution < -0.4 is 0 Å². The number of aromatic nitrogens is 2. The Balaban J connectivity index is 1.90. The fourth-order valence-electron chi connectivity index (χ4n) is 1.87. The van der Waals surface area contributed by atoms with Crippen molar-refractivity contribution >= 4 is 5.78 Å². The van der Waals surface area contributed by atoms with Gasteiger partial charge in [0.2, 0.25) is 0 Å². The van der Waals surface area contributed by atoms with Crippen molar-refractivity contribution < 1.29 is 15.0 Å². The van der Waals surface area contributed by atoms with Crippen molar-refractivity contribution in [2.24, 2.45) is 0 Å². The lowest BCUT2D eigenvalue weighted by atomic mass is 10.0. The Kier molecular flexibility index (Phi) is 4.92. The number of aliphatic hydroxyl groups is 2. The van der Waals surface area contributed by atoms with Crippen molar-refractivity contribution in [2.75, 3.05) is 0 Å². The summed E-state index contributed by atoms with van der Waals surface area (Å²) >= 11 is 0. The third kappa shape index (κ3) is 3.94. The molecule has 0 aliphatic heterocycles. The van der Waals surface area contributed by atoms with Crippen LogP contribution in [-0.2, 0) is 4.79 Å². The summed E-state index contributed by atoms with van der Waals surface area (Å²) in [5.74, 6) is -0.235. The molecule has 5 nitrogen and oxygen atoms in total. The predicted octanol–water partition coefficient (Wildman–Crippen LogP) is 1.59. The molecule has 2 heterocycles. The van der Waals surface area contributed by atoms with Gasteiger partial charge in [-0.1, -0.05) is 12.1 Å². The maximum Gasteiger partial charge on any atom is 0.138 e. The minimum atomic E-state index is -0.945. The number of hydrogen-bond donors (Lipinski definition) is 2. The second-order valence-electron chi connectivity index (χ2n) is 4.49. The molecule has 2 rings (SSSR count). The normalized spacial score (nSPS) is 13.7. The molecule has 2 N–H and O–H groups in total. The van der Waals surface area contributed by atoms with Crippen LogP contribution in [0.3, 0.4) is 0 Å². The average molecular weight is 272 g/mol. The van der Waals surface area contributed by atoms with E-state index in [1.54, 1.807) is 48.8 Å². The van der Waals surface area contributed by atoms with Crippen LogP contribution >= 0.6 is 0 Å². The summed E-state index contributed by atoms with van der Waals surface area (Å²) in [6.07, 6.45) is 1.10. The number of carbonyl (C=O) groups excluding carboxylic acids is 1. The van der Waals surface area contributed by atoms with Gasteiger partial charge in [-0.3, -0.25) is 14.8 Å². The highest BCUT2D eigenvalue weighted by Crippen LogP contribution is 2.19. The first-order valence-corrected chi connectivity index (χ1v) is 6.36. The minimum Gasteiger partial charge on any atom is -0.386 e. The van der Waals surface area contributed by atoms with Crippen molar-refractivity contribution in [2.45, 2.75) is 25.0 Å². The summed E-state index contributed by atoms with van der Waals surface area (Å²) in [5, 5.41) is 19.8. The van der Waals surface area contributed by atoms with E-state index in [2.05, 4.69) is 9.97 Å². The second kappa shape index (κ2) is 6.88. The molecule has 2 unspecified atom stereocenters. The molecule has 0 radical (unpaired) electrons. The highest BCUT2D eigenvalue weighted by molar-refractivity contribution is 5.79. The topological polar surface area (TPSA) is 83.3 Å². The van der Waals surface area contributed by atoms with E-state index in [4.69, 9.17) is 0 Å². The van der Waals surface area contributed by atoms with Crippen molar-refractivity contribution in [1.29, 1.82) is 0 Å². The molecule has 0 saturated carbocycles. The first-order chi connectivity index (χ1) is 9.66. The van der Waals surface area contributed by atoms with Crippen LogP contribution in [0.5, 0.6) is 0 Å². The van der Waals surface area contributed by atoms with Gasteiger partial charge in [-0.05, 0) is 24.3 Å². The number of nitrogens with zero attached hydrogens (tertiary/aromatic N) is 2. The number of aliphatic hydroxyl groups excluding tert-OH is 2. The van der Waals surface area contributed by atoms with Gasteiger partial charge in [-0.25, -0.2) is 0 Å². The Morgan fingerprint density at radius 1 is 0.900 bits per heavy atom. The Morgan fingerprint density at radius 3 is 1.70 bits per heavy atom. The molecule has 2 atom stereocenters. The van der Waals surface area contributed by atoms with Gasteiger partial charge < -0.3 is 10.2 Å². The van der Waals surface area contributed by atoms with Crippen LogP contribution in [0.4, 0.5) is 0 Å². The van der Waals surface area contributed by atoms with E-state index < -0.39 is 12.2 Å². The number of rotatable bonds is 6. The number of carbonyl (C=O) groups is 1. The van der Waals surface area contributed by atoms with E-state index in [0.29, 0.717) is 11.4 Å². The maximum absolute atomic E-state index is 11.8. The van der Waals surface area contributed by atoms with Crippen LogP contribution in [0, 0.1) is 0 Å². The summed E-state index contributed by atoms with van der Waals surface area (Å²) in [6, 6.07) is 10.3. The summed E-state index contributed by atoms with van der Waals surface area (Å²) in [7, 11) is 0. The summed E-state index contributed by atoms with van der Waals surface area (Å²) in [5.41, 5.74) is 0.904. The summed E-state index contributed by atoms with van der Waals surface area (Å²) < 4.78 is 0. The number of ketones is 1. The van der Waals surface area contributed by atoms with E-state index in [9.17, 15) is 15.0 Å². The van der Waals surface area contributed by atoms with Crippen LogP contribution in [0.15, 0.2) is 48.8 Å². The highest BCUT2D eigenvalue weighted by atomic mass is 16.3.